The summed E-state index contributed by atoms with van der Waals surface area (Å²) in [5.41, 5.74) is 4.10. The van der Waals surface area contributed by atoms with E-state index in [4.69, 9.17) is 5.73 Å². The van der Waals surface area contributed by atoms with Crippen LogP contribution in [0.15, 0.2) is 12.1 Å². The fourth-order valence-corrected chi connectivity index (χ4v) is 4.71. The lowest BCUT2D eigenvalue weighted by molar-refractivity contribution is -0.153. The molecule has 1 aromatic rings. The van der Waals surface area contributed by atoms with Gasteiger partial charge >= 0.3 is 5.97 Å². The Kier molecular flexibility index (Phi) is 3.45. The normalized spacial score (nSPS) is 33.1. The molecule has 2 saturated heterocycles. The van der Waals surface area contributed by atoms with Crippen LogP contribution in [-0.4, -0.2) is 55.3 Å². The van der Waals surface area contributed by atoms with Crippen molar-refractivity contribution in [1.82, 2.24) is 4.90 Å². The molecule has 4 atom stereocenters. The molecule has 0 aromatic heterocycles. The van der Waals surface area contributed by atoms with Crippen LogP contribution in [0.5, 0.6) is 11.5 Å². The van der Waals surface area contributed by atoms with Gasteiger partial charge in [-0.3, -0.25) is 9.59 Å². The number of hydrogen-bond donors (Lipinski definition) is 4. The third-order valence-corrected chi connectivity index (χ3v) is 6.22. The molecule has 9 heteroatoms. The minimum atomic E-state index is -1.61. The average molecular weight is 342 g/mol. The Morgan fingerprint density at radius 3 is 2.70 bits per heavy atom. The Morgan fingerprint density at radius 2 is 2.13 bits per heavy atom. The highest BCUT2D eigenvalue weighted by Crippen LogP contribution is 2.49. The molecule has 1 aromatic carbocycles. The van der Waals surface area contributed by atoms with E-state index in [0.29, 0.717) is 0 Å². The number of aliphatic carboxylic acids is 1. The van der Waals surface area contributed by atoms with Crippen LogP contribution < -0.4 is 5.73 Å². The van der Waals surface area contributed by atoms with Crippen molar-refractivity contribution in [2.75, 3.05) is 6.54 Å². The van der Waals surface area contributed by atoms with E-state index in [9.17, 15) is 29.3 Å². The van der Waals surface area contributed by atoms with Gasteiger partial charge in [0.05, 0.1) is 0 Å². The van der Waals surface area contributed by atoms with Crippen LogP contribution in [-0.2, 0) is 15.0 Å². The van der Waals surface area contributed by atoms with E-state index >= 15 is 0 Å². The second-order valence-corrected chi connectivity index (χ2v) is 7.23. The van der Waals surface area contributed by atoms with Crippen molar-refractivity contribution in [3.8, 4) is 11.5 Å². The molecule has 0 spiro atoms. The Hall–Kier alpha value is -2.00. The summed E-state index contributed by atoms with van der Waals surface area (Å²) in [5, 5.41) is 27.9. The molecule has 3 rings (SSSR count). The van der Waals surface area contributed by atoms with E-state index in [1.807, 2.05) is 0 Å². The summed E-state index contributed by atoms with van der Waals surface area (Å²) in [4.78, 5) is 25.2. The van der Waals surface area contributed by atoms with Gasteiger partial charge in [-0.25, -0.2) is 4.39 Å². The highest BCUT2D eigenvalue weighted by atomic mass is 32.2. The van der Waals surface area contributed by atoms with Crippen molar-refractivity contribution in [3.05, 3.63) is 23.5 Å². The highest BCUT2D eigenvalue weighted by molar-refractivity contribution is 8.00. The molecule has 0 bridgehead atoms. The molecule has 3 unspecified atom stereocenters. The second-order valence-electron chi connectivity index (χ2n) is 5.76. The summed E-state index contributed by atoms with van der Waals surface area (Å²) >= 11 is 1.23. The number of carboxylic acids is 1. The molecule has 2 fully saturated rings. The molecule has 0 radical (unpaired) electrons. The first kappa shape index (κ1) is 15.9. The lowest BCUT2D eigenvalue weighted by Gasteiger charge is -2.55. The SMILES string of the molecule is CC1S[C@@H]2C(N)C(=O)N2CC1(C(=O)O)c1cc(O)c(O)c(F)c1. The molecular weight excluding hydrogens is 327 g/mol. The summed E-state index contributed by atoms with van der Waals surface area (Å²) in [6, 6.07) is 1.23. The van der Waals surface area contributed by atoms with E-state index in [0.717, 1.165) is 12.1 Å². The number of benzene rings is 1. The third-order valence-electron chi connectivity index (χ3n) is 4.58. The minimum Gasteiger partial charge on any atom is -0.504 e. The number of phenolic OH excluding ortho intramolecular Hbond substituents is 2. The smallest absolute Gasteiger partial charge is 0.317 e. The standard InChI is InChI=1S/C14H15FN2O5S/c1-5-14(13(21)22,4-17-11(20)9(16)12(17)23-5)6-2-7(15)10(19)8(18)3-6/h2-3,5,9,12,18-19H,4,16H2,1H3,(H,21,22)/t5?,9?,12-,14?/m1/s1. The summed E-state index contributed by atoms with van der Waals surface area (Å²) < 4.78 is 13.8. The zero-order valence-corrected chi connectivity index (χ0v) is 12.9. The number of β-lactam (4-membered cyclic amide) rings is 1. The van der Waals surface area contributed by atoms with Gasteiger partial charge in [-0.2, -0.15) is 0 Å². The molecule has 1 amide bonds. The Labute approximate surface area is 134 Å². The first-order valence-electron chi connectivity index (χ1n) is 6.87. The van der Waals surface area contributed by atoms with Gasteiger partial charge in [0.1, 0.15) is 16.8 Å². The molecule has 2 aliphatic heterocycles. The number of phenols is 2. The zero-order valence-electron chi connectivity index (χ0n) is 12.1. The number of nitrogens with two attached hydrogens (primary N) is 1. The molecule has 124 valence electrons. The van der Waals surface area contributed by atoms with Crippen LogP contribution >= 0.6 is 11.8 Å². The number of thioether (sulfide) groups is 1. The van der Waals surface area contributed by atoms with Crippen LogP contribution in [0.2, 0.25) is 0 Å². The van der Waals surface area contributed by atoms with Gasteiger partial charge in [-0.1, -0.05) is 6.92 Å². The number of halogens is 1. The van der Waals surface area contributed by atoms with E-state index in [1.165, 1.54) is 16.7 Å². The van der Waals surface area contributed by atoms with Gasteiger partial charge in [0.2, 0.25) is 5.91 Å². The first-order chi connectivity index (χ1) is 10.7. The van der Waals surface area contributed by atoms with Crippen LogP contribution in [0.4, 0.5) is 4.39 Å². The summed E-state index contributed by atoms with van der Waals surface area (Å²) in [5.74, 6) is -4.40. The van der Waals surface area contributed by atoms with Gasteiger partial charge in [0, 0.05) is 11.8 Å². The molecule has 2 aliphatic rings. The van der Waals surface area contributed by atoms with Crippen LogP contribution in [0.25, 0.3) is 0 Å². The number of hydrogen-bond acceptors (Lipinski definition) is 6. The monoisotopic (exact) mass is 342 g/mol. The van der Waals surface area contributed by atoms with Crippen molar-refractivity contribution < 1.29 is 29.3 Å². The van der Waals surface area contributed by atoms with Crippen LogP contribution in [0.1, 0.15) is 12.5 Å². The van der Waals surface area contributed by atoms with E-state index in [-0.39, 0.29) is 23.4 Å². The van der Waals surface area contributed by atoms with Crippen molar-refractivity contribution in [2.45, 2.75) is 29.0 Å². The number of fused-ring (bicyclic) bond motifs is 1. The number of amides is 1. The summed E-state index contributed by atoms with van der Waals surface area (Å²) in [7, 11) is 0. The Bertz CT molecular complexity index is 691. The van der Waals surface area contributed by atoms with Gasteiger partial charge in [-0.05, 0) is 17.7 Å². The van der Waals surface area contributed by atoms with E-state index < -0.39 is 40.0 Å². The first-order valence-corrected chi connectivity index (χ1v) is 7.81. The lowest BCUT2D eigenvalue weighted by atomic mass is 9.75. The molecule has 0 saturated carbocycles. The van der Waals surface area contributed by atoms with E-state index in [1.54, 1.807) is 6.92 Å². The Morgan fingerprint density at radius 1 is 1.48 bits per heavy atom. The van der Waals surface area contributed by atoms with Gasteiger partial charge in [-0.15, -0.1) is 11.8 Å². The largest absolute Gasteiger partial charge is 0.504 e. The van der Waals surface area contributed by atoms with Crippen molar-refractivity contribution in [1.29, 1.82) is 0 Å². The molecule has 0 aliphatic carbocycles. The summed E-state index contributed by atoms with van der Waals surface area (Å²) in [6.07, 6.45) is 0. The second kappa shape index (κ2) is 5.00. The molecule has 7 nitrogen and oxygen atoms in total. The predicted molar refractivity (Wildman–Crippen MR) is 79.6 cm³/mol. The number of carbonyl (C=O) groups is 2. The van der Waals surface area contributed by atoms with Crippen LogP contribution in [0.3, 0.4) is 0 Å². The number of nitrogens with zero attached hydrogens (tertiary/aromatic N) is 1. The average Bonchev–Trinajstić information content (AvgIpc) is 2.50. The van der Waals surface area contributed by atoms with Gasteiger partial charge in [0.25, 0.3) is 0 Å². The third kappa shape index (κ3) is 1.99. The maximum Gasteiger partial charge on any atom is 0.317 e. The highest BCUT2D eigenvalue weighted by Gasteiger charge is 2.60. The quantitative estimate of drug-likeness (QED) is 0.447. The van der Waals surface area contributed by atoms with Crippen molar-refractivity contribution in [3.63, 3.8) is 0 Å². The number of aromatic hydroxyl groups is 2. The molecule has 23 heavy (non-hydrogen) atoms. The lowest BCUT2D eigenvalue weighted by Crippen LogP contribution is -2.74. The maximum atomic E-state index is 13.8. The Balaban J connectivity index is 2.11. The number of rotatable bonds is 2. The minimum absolute atomic E-state index is 0.00970. The fourth-order valence-electron chi connectivity index (χ4n) is 3.13. The van der Waals surface area contributed by atoms with Crippen LogP contribution in [0, 0.1) is 5.82 Å². The molecule has 2 heterocycles. The number of carbonyl (C=O) groups excluding carboxylic acids is 1. The summed E-state index contributed by atoms with van der Waals surface area (Å²) in [6.45, 7) is 1.49. The van der Waals surface area contributed by atoms with Crippen molar-refractivity contribution in [2.24, 2.45) is 5.73 Å². The molecule has 5 N–H and O–H groups in total. The van der Waals surface area contributed by atoms with E-state index in [2.05, 4.69) is 0 Å². The molecular formula is C14H15FN2O5S. The van der Waals surface area contributed by atoms with Crippen molar-refractivity contribution >= 4 is 23.6 Å². The fraction of sp³-hybridized carbons (Fsp3) is 0.429. The zero-order chi connectivity index (χ0) is 17.1. The predicted octanol–water partition coefficient (Wildman–Crippen LogP) is 0.190. The van der Waals surface area contributed by atoms with Gasteiger partial charge < -0.3 is 26.0 Å². The topological polar surface area (TPSA) is 124 Å². The van der Waals surface area contributed by atoms with Gasteiger partial charge in [0.15, 0.2) is 17.3 Å². The maximum absolute atomic E-state index is 13.8. The number of carboxylic acid groups (broad SMARTS) is 1.